The van der Waals surface area contributed by atoms with Crippen LogP contribution < -0.4 is 9.64 Å². The Morgan fingerprint density at radius 2 is 1.51 bits per heavy atom. The van der Waals surface area contributed by atoms with Crippen molar-refractivity contribution in [2.24, 2.45) is 0 Å². The summed E-state index contributed by atoms with van der Waals surface area (Å²) >= 11 is 0. The number of imidazole rings is 1. The van der Waals surface area contributed by atoms with Crippen LogP contribution in [0.2, 0.25) is 0 Å². The molecular weight excluding hydrogens is 460 g/mol. The lowest BCUT2D eigenvalue weighted by Gasteiger charge is -2.36. The molecule has 0 radical (unpaired) electrons. The lowest BCUT2D eigenvalue weighted by molar-refractivity contribution is -0.00521. The van der Waals surface area contributed by atoms with Gasteiger partial charge in [-0.25, -0.2) is 4.98 Å². The summed E-state index contributed by atoms with van der Waals surface area (Å²) in [7, 11) is 1.73. The third kappa shape index (κ3) is 4.45. The van der Waals surface area contributed by atoms with Gasteiger partial charge in [0.05, 0.1) is 24.8 Å². The van der Waals surface area contributed by atoms with E-state index in [9.17, 15) is 0 Å². The Kier molecular flexibility index (Phi) is 6.10. The molecule has 37 heavy (non-hydrogen) atoms. The van der Waals surface area contributed by atoms with Crippen molar-refractivity contribution < 1.29 is 9.47 Å². The molecule has 1 aliphatic rings. The van der Waals surface area contributed by atoms with E-state index in [0.717, 1.165) is 63.4 Å². The summed E-state index contributed by atoms with van der Waals surface area (Å²) in [6.07, 6.45) is 5.97. The average molecular weight is 491 g/mol. The fourth-order valence-electron chi connectivity index (χ4n) is 5.33. The van der Waals surface area contributed by atoms with E-state index in [1.54, 1.807) is 13.3 Å². The van der Waals surface area contributed by atoms with Gasteiger partial charge < -0.3 is 19.4 Å². The number of aromatic amines is 1. The van der Waals surface area contributed by atoms with Crippen LogP contribution >= 0.6 is 0 Å². The molecule has 186 valence electrons. The first-order valence-electron chi connectivity index (χ1n) is 12.7. The molecule has 0 spiro atoms. The molecule has 6 nitrogen and oxygen atoms in total. The Bertz CT molecular complexity index is 1500. The van der Waals surface area contributed by atoms with Crippen LogP contribution in [0.3, 0.4) is 0 Å². The van der Waals surface area contributed by atoms with Gasteiger partial charge in [-0.3, -0.25) is 4.98 Å². The van der Waals surface area contributed by atoms with Crippen LogP contribution in [-0.2, 0) is 4.74 Å². The minimum atomic E-state index is 0.226. The molecule has 1 N–H and O–H groups in total. The van der Waals surface area contributed by atoms with Crippen molar-refractivity contribution in [1.82, 2.24) is 15.0 Å². The van der Waals surface area contributed by atoms with Crippen LogP contribution in [0.25, 0.3) is 44.5 Å². The highest BCUT2D eigenvalue weighted by Gasteiger charge is 2.22. The summed E-state index contributed by atoms with van der Waals surface area (Å²) in [5.41, 5.74) is 7.40. The number of para-hydroxylation sites is 1. The Morgan fingerprint density at radius 1 is 0.838 bits per heavy atom. The van der Waals surface area contributed by atoms with Gasteiger partial charge in [-0.1, -0.05) is 48.5 Å². The van der Waals surface area contributed by atoms with Gasteiger partial charge in [0.15, 0.2) is 0 Å². The maximum Gasteiger partial charge on any atom is 0.137 e. The first-order valence-corrected chi connectivity index (χ1v) is 12.7. The average Bonchev–Trinajstić information content (AvgIpc) is 3.47. The Hall–Kier alpha value is -4.16. The number of fused-ring (bicyclic) bond motifs is 1. The number of pyridine rings is 1. The van der Waals surface area contributed by atoms with Gasteiger partial charge in [-0.05, 0) is 43.2 Å². The van der Waals surface area contributed by atoms with E-state index in [2.05, 4.69) is 95.4 Å². The number of rotatable bonds is 5. The molecule has 2 atom stereocenters. The molecule has 0 saturated carbocycles. The first-order chi connectivity index (χ1) is 18.1. The molecule has 1 aliphatic heterocycles. The SMILES string of the molecule is COc1c(-c2ccc(N3CC(C)OC(C)C3)cc2)cnc2c(-c3ccc(-c4ncc[nH]4)cc3)cccc12. The second-order valence-electron chi connectivity index (χ2n) is 9.63. The van der Waals surface area contributed by atoms with Crippen molar-refractivity contribution in [2.45, 2.75) is 26.1 Å². The van der Waals surface area contributed by atoms with E-state index in [4.69, 9.17) is 14.5 Å². The predicted octanol–water partition coefficient (Wildman–Crippen LogP) is 6.58. The highest BCUT2D eigenvalue weighted by atomic mass is 16.5. The van der Waals surface area contributed by atoms with E-state index in [1.165, 1.54) is 5.69 Å². The van der Waals surface area contributed by atoms with Crippen molar-refractivity contribution in [1.29, 1.82) is 0 Å². The highest BCUT2D eigenvalue weighted by Crippen LogP contribution is 2.39. The number of nitrogens with one attached hydrogen (secondary N) is 1. The van der Waals surface area contributed by atoms with Gasteiger partial charge in [0, 0.05) is 59.4 Å². The van der Waals surface area contributed by atoms with Crippen molar-refractivity contribution in [3.8, 4) is 39.4 Å². The Morgan fingerprint density at radius 3 is 2.19 bits per heavy atom. The van der Waals surface area contributed by atoms with E-state index in [0.29, 0.717) is 0 Å². The minimum absolute atomic E-state index is 0.226. The fourth-order valence-corrected chi connectivity index (χ4v) is 5.33. The lowest BCUT2D eigenvalue weighted by atomic mass is 9.97. The van der Waals surface area contributed by atoms with Crippen molar-refractivity contribution in [3.63, 3.8) is 0 Å². The number of nitrogens with zero attached hydrogens (tertiary/aromatic N) is 3. The van der Waals surface area contributed by atoms with Crippen molar-refractivity contribution in [2.75, 3.05) is 25.1 Å². The largest absolute Gasteiger partial charge is 0.495 e. The molecule has 3 heterocycles. The van der Waals surface area contributed by atoms with Gasteiger partial charge in [0.25, 0.3) is 0 Å². The standard InChI is InChI=1S/C31H30N4O2/c1-20-18-35(19-21(2)37-20)25-13-11-23(12-14-25)28-17-34-29-26(5-4-6-27(29)30(28)36-3)22-7-9-24(10-8-22)31-32-15-16-33-31/h4-17,20-21H,18-19H2,1-3H3,(H,32,33). The predicted molar refractivity (Wildman–Crippen MR) is 149 cm³/mol. The summed E-state index contributed by atoms with van der Waals surface area (Å²) in [4.78, 5) is 14.8. The number of ether oxygens (including phenoxy) is 2. The third-order valence-corrected chi connectivity index (χ3v) is 6.98. The van der Waals surface area contributed by atoms with E-state index < -0.39 is 0 Å². The summed E-state index contributed by atoms with van der Waals surface area (Å²) in [6.45, 7) is 6.06. The molecule has 0 bridgehead atoms. The van der Waals surface area contributed by atoms with Gasteiger partial charge in [0.1, 0.15) is 11.6 Å². The normalized spacial score (nSPS) is 17.8. The van der Waals surface area contributed by atoms with Crippen molar-refractivity contribution >= 4 is 16.6 Å². The maximum absolute atomic E-state index is 5.97. The molecule has 5 aromatic rings. The van der Waals surface area contributed by atoms with Crippen LogP contribution in [0, 0.1) is 0 Å². The number of anilines is 1. The number of hydrogen-bond acceptors (Lipinski definition) is 5. The molecule has 6 rings (SSSR count). The van der Waals surface area contributed by atoms with E-state index in [1.807, 2.05) is 12.4 Å². The maximum atomic E-state index is 5.97. The zero-order valence-corrected chi connectivity index (χ0v) is 21.3. The minimum Gasteiger partial charge on any atom is -0.495 e. The molecule has 1 saturated heterocycles. The fraction of sp³-hybridized carbons (Fsp3) is 0.226. The Balaban J connectivity index is 1.34. The Labute approximate surface area is 216 Å². The number of morpholine rings is 1. The van der Waals surface area contributed by atoms with Gasteiger partial charge in [0.2, 0.25) is 0 Å². The molecular formula is C31H30N4O2. The molecule has 1 fully saturated rings. The highest BCUT2D eigenvalue weighted by molar-refractivity contribution is 6.00. The topological polar surface area (TPSA) is 63.3 Å². The quantitative estimate of drug-likeness (QED) is 0.301. The smallest absolute Gasteiger partial charge is 0.137 e. The monoisotopic (exact) mass is 490 g/mol. The zero-order chi connectivity index (χ0) is 25.4. The molecule has 2 unspecified atom stereocenters. The summed E-state index contributed by atoms with van der Waals surface area (Å²) < 4.78 is 11.9. The van der Waals surface area contributed by atoms with Crippen LogP contribution in [0.15, 0.2) is 85.3 Å². The van der Waals surface area contributed by atoms with Crippen LogP contribution in [0.5, 0.6) is 5.75 Å². The number of benzene rings is 3. The van der Waals surface area contributed by atoms with Gasteiger partial charge >= 0.3 is 0 Å². The number of hydrogen-bond donors (Lipinski definition) is 1. The molecule has 6 heteroatoms. The second-order valence-corrected chi connectivity index (χ2v) is 9.63. The summed E-state index contributed by atoms with van der Waals surface area (Å²) in [5, 5.41) is 0.993. The van der Waals surface area contributed by atoms with Crippen molar-refractivity contribution in [3.05, 3.63) is 85.3 Å². The number of aromatic nitrogens is 3. The van der Waals surface area contributed by atoms with Crippen LogP contribution in [0.1, 0.15) is 13.8 Å². The molecule has 3 aromatic carbocycles. The summed E-state index contributed by atoms with van der Waals surface area (Å²) in [6, 6.07) is 23.3. The molecule has 0 aliphatic carbocycles. The second kappa shape index (κ2) is 9.71. The number of methoxy groups -OCH3 is 1. The van der Waals surface area contributed by atoms with Crippen LogP contribution in [0.4, 0.5) is 5.69 Å². The van der Waals surface area contributed by atoms with Gasteiger partial charge in [-0.2, -0.15) is 0 Å². The first kappa shape index (κ1) is 23.3. The summed E-state index contributed by atoms with van der Waals surface area (Å²) in [5.74, 6) is 1.69. The lowest BCUT2D eigenvalue weighted by Crippen LogP contribution is -2.45. The zero-order valence-electron chi connectivity index (χ0n) is 21.3. The van der Waals surface area contributed by atoms with Crippen LogP contribution in [-0.4, -0.2) is 47.4 Å². The molecule has 2 aromatic heterocycles. The molecule has 0 amide bonds. The third-order valence-electron chi connectivity index (χ3n) is 6.98. The van der Waals surface area contributed by atoms with E-state index in [-0.39, 0.29) is 12.2 Å². The van der Waals surface area contributed by atoms with Gasteiger partial charge in [-0.15, -0.1) is 0 Å². The number of H-pyrrole nitrogens is 1. The van der Waals surface area contributed by atoms with E-state index >= 15 is 0 Å².